The summed E-state index contributed by atoms with van der Waals surface area (Å²) in [5.41, 5.74) is 0. The Labute approximate surface area is 89.6 Å². The highest BCUT2D eigenvalue weighted by Crippen LogP contribution is 2.38. The molecule has 0 atom stereocenters. The van der Waals surface area contributed by atoms with Gasteiger partial charge in [0.15, 0.2) is 0 Å². The molecule has 96 valence electrons. The molecule has 0 unspecified atom stereocenters. The van der Waals surface area contributed by atoms with Gasteiger partial charge in [0, 0.05) is 6.92 Å². The summed E-state index contributed by atoms with van der Waals surface area (Å²) < 4.78 is 88.5. The summed E-state index contributed by atoms with van der Waals surface area (Å²) in [5, 5.41) is 0. The number of hydrogen-bond donors (Lipinski definition) is 0. The lowest BCUT2D eigenvalue weighted by Crippen LogP contribution is -2.48. The molecule has 1 rings (SSSR count). The minimum absolute atomic E-state index is 0.188. The molecule has 1 aliphatic heterocycles. The Hall–Kier alpha value is -0.390. The monoisotopic (exact) mass is 284 g/mol. The predicted molar refractivity (Wildman–Crippen MR) is 44.2 cm³/mol. The van der Waals surface area contributed by atoms with E-state index in [1.54, 1.807) is 0 Å². The van der Waals surface area contributed by atoms with E-state index in [9.17, 15) is 30.0 Å². The zero-order valence-corrected chi connectivity index (χ0v) is 9.45. The molecule has 1 aliphatic rings. The van der Waals surface area contributed by atoms with Crippen molar-refractivity contribution in [2.75, 3.05) is 11.5 Å². The maximum atomic E-state index is 12.4. The topological polar surface area (TPSA) is 86.7 Å². The van der Waals surface area contributed by atoms with E-state index >= 15 is 0 Å². The lowest BCUT2D eigenvalue weighted by Gasteiger charge is -2.27. The molecule has 0 radical (unpaired) electrons. The summed E-state index contributed by atoms with van der Waals surface area (Å²) >= 11 is 0. The Balaban J connectivity index is 3.29. The van der Waals surface area contributed by atoms with Crippen molar-refractivity contribution in [3.05, 3.63) is 0 Å². The van der Waals surface area contributed by atoms with Gasteiger partial charge in [-0.05, 0) is 0 Å². The minimum Gasteiger partial charge on any atom is -0.224 e. The molecule has 11 heteroatoms. The molecule has 6 nitrogen and oxygen atoms in total. The van der Waals surface area contributed by atoms with Gasteiger partial charge in [0.1, 0.15) is 0 Å². The standard InChI is InChI=1S/C5H7F3O6S2/c1-4(5(6,7)8)13-15(9,10)2-3-16(11,12)14-4/h2-3H2,1H3. The van der Waals surface area contributed by atoms with Gasteiger partial charge in [0.25, 0.3) is 26.0 Å². The lowest BCUT2D eigenvalue weighted by atomic mass is 10.3. The van der Waals surface area contributed by atoms with Crippen molar-refractivity contribution in [1.29, 1.82) is 0 Å². The van der Waals surface area contributed by atoms with E-state index in [2.05, 4.69) is 8.37 Å². The van der Waals surface area contributed by atoms with Crippen LogP contribution in [0.4, 0.5) is 13.2 Å². The molecule has 0 aliphatic carbocycles. The van der Waals surface area contributed by atoms with Crippen LogP contribution in [0, 0.1) is 0 Å². The molecule has 1 saturated heterocycles. The Morgan fingerprint density at radius 1 is 1.00 bits per heavy atom. The van der Waals surface area contributed by atoms with Crippen LogP contribution in [0.1, 0.15) is 6.92 Å². The van der Waals surface area contributed by atoms with Crippen LogP contribution in [-0.2, 0) is 28.6 Å². The van der Waals surface area contributed by atoms with Crippen LogP contribution < -0.4 is 0 Å². The van der Waals surface area contributed by atoms with E-state index in [0.717, 1.165) is 0 Å². The summed E-state index contributed by atoms with van der Waals surface area (Å²) in [7, 11) is -9.21. The molecule has 1 fully saturated rings. The van der Waals surface area contributed by atoms with Crippen molar-refractivity contribution in [1.82, 2.24) is 0 Å². The Morgan fingerprint density at radius 2 is 1.31 bits per heavy atom. The van der Waals surface area contributed by atoms with Crippen LogP contribution in [0.5, 0.6) is 0 Å². The number of alkyl halides is 3. The second-order valence-corrected chi connectivity index (χ2v) is 6.51. The van der Waals surface area contributed by atoms with Crippen molar-refractivity contribution >= 4 is 20.2 Å². The van der Waals surface area contributed by atoms with Crippen molar-refractivity contribution in [2.45, 2.75) is 18.9 Å². The number of halogens is 3. The van der Waals surface area contributed by atoms with Crippen LogP contribution >= 0.6 is 0 Å². The van der Waals surface area contributed by atoms with Gasteiger partial charge in [-0.15, -0.1) is 0 Å². The van der Waals surface area contributed by atoms with Crippen molar-refractivity contribution in [2.24, 2.45) is 0 Å². The van der Waals surface area contributed by atoms with Crippen LogP contribution in [0.15, 0.2) is 0 Å². The molecule has 1 heterocycles. The SMILES string of the molecule is CC1(C(F)(F)F)OS(=O)(=O)CCS(=O)(=O)O1. The number of hydrogen-bond acceptors (Lipinski definition) is 6. The Morgan fingerprint density at radius 3 is 1.56 bits per heavy atom. The fourth-order valence-corrected chi connectivity index (χ4v) is 3.95. The summed E-state index contributed by atoms with van der Waals surface area (Å²) in [6.45, 7) is 0.188. The van der Waals surface area contributed by atoms with Gasteiger partial charge in [-0.2, -0.15) is 30.0 Å². The highest BCUT2D eigenvalue weighted by atomic mass is 32.2. The first kappa shape index (κ1) is 13.7. The summed E-state index contributed by atoms with van der Waals surface area (Å²) in [6, 6.07) is 0. The molecule has 0 aromatic carbocycles. The molecule has 0 bridgehead atoms. The van der Waals surface area contributed by atoms with E-state index in [4.69, 9.17) is 0 Å². The maximum Gasteiger partial charge on any atom is 0.445 e. The molecular formula is C5H7F3O6S2. The largest absolute Gasteiger partial charge is 0.445 e. The van der Waals surface area contributed by atoms with Gasteiger partial charge in [-0.25, -0.2) is 8.37 Å². The Kier molecular flexibility index (Phi) is 3.03. The minimum atomic E-state index is -5.29. The second-order valence-electron chi connectivity index (χ2n) is 3.13. The van der Waals surface area contributed by atoms with Crippen LogP contribution in [0.3, 0.4) is 0 Å². The van der Waals surface area contributed by atoms with Crippen molar-refractivity contribution < 1.29 is 38.4 Å². The third-order valence-corrected chi connectivity index (χ3v) is 4.48. The van der Waals surface area contributed by atoms with Crippen molar-refractivity contribution in [3.63, 3.8) is 0 Å². The van der Waals surface area contributed by atoms with Crippen LogP contribution in [-0.4, -0.2) is 40.3 Å². The van der Waals surface area contributed by atoms with Gasteiger partial charge in [0.2, 0.25) is 0 Å². The molecule has 0 spiro atoms. The fourth-order valence-electron chi connectivity index (χ4n) is 0.880. The van der Waals surface area contributed by atoms with Gasteiger partial charge in [-0.3, -0.25) is 0 Å². The highest BCUT2D eigenvalue weighted by Gasteiger charge is 2.60. The molecule has 0 N–H and O–H groups in total. The molecule has 0 aromatic rings. The molecule has 0 aromatic heterocycles. The van der Waals surface area contributed by atoms with Crippen molar-refractivity contribution in [3.8, 4) is 0 Å². The lowest BCUT2D eigenvalue weighted by molar-refractivity contribution is -0.310. The second kappa shape index (κ2) is 3.55. The zero-order chi connectivity index (χ0) is 12.8. The molecule has 0 amide bonds. The summed E-state index contributed by atoms with van der Waals surface area (Å²) in [4.78, 5) is 0. The van der Waals surface area contributed by atoms with Gasteiger partial charge in [-0.1, -0.05) is 0 Å². The van der Waals surface area contributed by atoms with Gasteiger partial charge < -0.3 is 0 Å². The first-order valence-electron chi connectivity index (χ1n) is 3.80. The quantitative estimate of drug-likeness (QED) is 0.581. The first-order valence-corrected chi connectivity index (χ1v) is 6.96. The first-order chi connectivity index (χ1) is 6.87. The average molecular weight is 284 g/mol. The molecule has 0 saturated carbocycles. The third-order valence-electron chi connectivity index (χ3n) is 1.67. The highest BCUT2D eigenvalue weighted by molar-refractivity contribution is 7.91. The van der Waals surface area contributed by atoms with E-state index in [1.165, 1.54) is 0 Å². The zero-order valence-electron chi connectivity index (χ0n) is 7.81. The average Bonchev–Trinajstić information content (AvgIpc) is 2.04. The smallest absolute Gasteiger partial charge is 0.224 e. The summed E-state index contributed by atoms with van der Waals surface area (Å²) in [5.74, 6) is -5.87. The fraction of sp³-hybridized carbons (Fsp3) is 1.00. The van der Waals surface area contributed by atoms with E-state index in [0.29, 0.717) is 0 Å². The predicted octanol–water partition coefficient (Wildman–Crippen LogP) is -0.0287. The maximum absolute atomic E-state index is 12.4. The third kappa shape index (κ3) is 2.84. The molecule has 16 heavy (non-hydrogen) atoms. The van der Waals surface area contributed by atoms with E-state index < -0.39 is 43.7 Å². The number of rotatable bonds is 0. The van der Waals surface area contributed by atoms with Crippen LogP contribution in [0.25, 0.3) is 0 Å². The van der Waals surface area contributed by atoms with E-state index in [1.807, 2.05) is 0 Å². The normalized spacial score (nSPS) is 28.2. The Bertz CT molecular complexity index is 439. The van der Waals surface area contributed by atoms with Gasteiger partial charge >= 0.3 is 6.18 Å². The van der Waals surface area contributed by atoms with E-state index in [-0.39, 0.29) is 6.92 Å². The van der Waals surface area contributed by atoms with Gasteiger partial charge in [0.05, 0.1) is 11.5 Å². The van der Waals surface area contributed by atoms with Crippen LogP contribution in [0.2, 0.25) is 0 Å². The molecular weight excluding hydrogens is 277 g/mol. The summed E-state index contributed by atoms with van der Waals surface area (Å²) in [6.07, 6.45) is -5.29.